The highest BCUT2D eigenvalue weighted by Gasteiger charge is 2.18. The van der Waals surface area contributed by atoms with Crippen molar-refractivity contribution in [2.75, 3.05) is 16.6 Å². The van der Waals surface area contributed by atoms with E-state index in [-0.39, 0.29) is 21.3 Å². The second-order valence-electron chi connectivity index (χ2n) is 7.19. The van der Waals surface area contributed by atoms with Crippen LogP contribution in [-0.2, 0) is 19.6 Å². The van der Waals surface area contributed by atoms with Crippen LogP contribution in [0.1, 0.15) is 10.4 Å². The van der Waals surface area contributed by atoms with Crippen LogP contribution in [0.25, 0.3) is 10.2 Å². The molecule has 4 rings (SSSR count). The van der Waals surface area contributed by atoms with E-state index in [0.29, 0.717) is 15.9 Å². The maximum absolute atomic E-state index is 12.7. The van der Waals surface area contributed by atoms with Gasteiger partial charge in [-0.2, -0.15) is 0 Å². The van der Waals surface area contributed by atoms with E-state index in [4.69, 9.17) is 4.74 Å². The van der Waals surface area contributed by atoms with Crippen molar-refractivity contribution in [2.24, 2.45) is 0 Å². The number of hydrogen-bond acceptors (Lipinski definition) is 9. The van der Waals surface area contributed by atoms with E-state index in [9.17, 15) is 28.1 Å². The van der Waals surface area contributed by atoms with E-state index in [2.05, 4.69) is 37.6 Å². The highest BCUT2D eigenvalue weighted by molar-refractivity contribution is 14.1. The molecule has 0 bridgehead atoms. The zero-order chi connectivity index (χ0) is 25.9. The number of anilines is 2. The van der Waals surface area contributed by atoms with E-state index in [0.717, 1.165) is 21.0 Å². The van der Waals surface area contributed by atoms with Gasteiger partial charge in [0.05, 0.1) is 25.6 Å². The molecule has 0 saturated carbocycles. The molecule has 0 radical (unpaired) electrons. The van der Waals surface area contributed by atoms with Gasteiger partial charge in [-0.25, -0.2) is 18.2 Å². The van der Waals surface area contributed by atoms with E-state index in [1.54, 1.807) is 24.3 Å². The van der Waals surface area contributed by atoms with Crippen LogP contribution in [-0.4, -0.2) is 36.8 Å². The normalized spacial score (nSPS) is 11.1. The lowest BCUT2D eigenvalue weighted by Gasteiger charge is -2.10. The Labute approximate surface area is 221 Å². The highest BCUT2D eigenvalue weighted by atomic mass is 127. The SMILES string of the molecule is O=C(COC(=O)c1cccc(S(=O)(=O)Nc2ccc(I)cc2)c1)Nc1nc2ccc([N+](=O)[O-])cc2s1. The highest BCUT2D eigenvalue weighted by Crippen LogP contribution is 2.29. The number of amides is 1. The van der Waals surface area contributed by atoms with Gasteiger partial charge in [0.1, 0.15) is 0 Å². The zero-order valence-corrected chi connectivity index (χ0v) is 21.8. The summed E-state index contributed by atoms with van der Waals surface area (Å²) in [6.45, 7) is -0.646. The minimum Gasteiger partial charge on any atom is -0.452 e. The maximum Gasteiger partial charge on any atom is 0.338 e. The first kappa shape index (κ1) is 25.5. The molecule has 0 aliphatic heterocycles. The number of carbonyl (C=O) groups is 2. The third-order valence-corrected chi connectivity index (χ3v) is 7.67. The Balaban J connectivity index is 1.38. The lowest BCUT2D eigenvalue weighted by Crippen LogP contribution is -2.21. The number of esters is 1. The van der Waals surface area contributed by atoms with Crippen molar-refractivity contribution in [2.45, 2.75) is 4.90 Å². The molecule has 4 aromatic rings. The number of hydrogen-bond donors (Lipinski definition) is 2. The molecule has 2 N–H and O–H groups in total. The number of nitrogens with zero attached hydrogens (tertiary/aromatic N) is 2. The molecule has 0 aliphatic carbocycles. The van der Waals surface area contributed by atoms with Crippen LogP contribution in [0.2, 0.25) is 0 Å². The van der Waals surface area contributed by atoms with Gasteiger partial charge in [0.15, 0.2) is 11.7 Å². The predicted octanol–water partition coefficient (Wildman–Crippen LogP) is 4.41. The van der Waals surface area contributed by atoms with Gasteiger partial charge in [0.25, 0.3) is 21.6 Å². The van der Waals surface area contributed by atoms with Gasteiger partial charge in [-0.3, -0.25) is 24.9 Å². The zero-order valence-electron chi connectivity index (χ0n) is 18.0. The number of benzene rings is 3. The first-order valence-electron chi connectivity index (χ1n) is 10.0. The Morgan fingerprint density at radius 3 is 2.56 bits per heavy atom. The minimum atomic E-state index is -3.96. The Morgan fingerprint density at radius 2 is 1.83 bits per heavy atom. The number of sulfonamides is 1. The van der Waals surface area contributed by atoms with Crippen LogP contribution in [0.3, 0.4) is 0 Å². The Kier molecular flexibility index (Phi) is 7.46. The van der Waals surface area contributed by atoms with Gasteiger partial charge < -0.3 is 4.74 Å². The van der Waals surface area contributed by atoms with E-state index in [1.165, 1.54) is 36.4 Å². The fourth-order valence-corrected chi connectivity index (χ4v) is 5.35. The fraction of sp³-hybridized carbons (Fsp3) is 0.0455. The number of thiazole rings is 1. The largest absolute Gasteiger partial charge is 0.452 e. The molecular formula is C22H15IN4O7S2. The monoisotopic (exact) mass is 638 g/mol. The summed E-state index contributed by atoms with van der Waals surface area (Å²) in [7, 11) is -3.96. The molecular weight excluding hydrogens is 623 g/mol. The van der Waals surface area contributed by atoms with Crippen LogP contribution in [0.15, 0.2) is 71.6 Å². The van der Waals surface area contributed by atoms with Gasteiger partial charge in [0.2, 0.25) is 0 Å². The number of aromatic nitrogens is 1. The minimum absolute atomic E-state index is 0.0550. The first-order chi connectivity index (χ1) is 17.1. The average molecular weight is 638 g/mol. The lowest BCUT2D eigenvalue weighted by atomic mass is 10.2. The summed E-state index contributed by atoms with van der Waals surface area (Å²) in [5, 5.41) is 13.5. The molecule has 0 fully saturated rings. The van der Waals surface area contributed by atoms with Crippen molar-refractivity contribution in [3.63, 3.8) is 0 Å². The van der Waals surface area contributed by atoms with Crippen LogP contribution < -0.4 is 10.0 Å². The molecule has 0 spiro atoms. The number of rotatable bonds is 8. The summed E-state index contributed by atoms with van der Waals surface area (Å²) in [6.07, 6.45) is 0. The van der Waals surface area contributed by atoms with Crippen LogP contribution in [0.4, 0.5) is 16.5 Å². The quantitative estimate of drug-likeness (QED) is 0.124. The summed E-state index contributed by atoms with van der Waals surface area (Å²) in [6, 6.07) is 16.1. The Morgan fingerprint density at radius 1 is 1.08 bits per heavy atom. The third kappa shape index (κ3) is 6.13. The van der Waals surface area contributed by atoms with Crippen molar-refractivity contribution in [1.29, 1.82) is 0 Å². The van der Waals surface area contributed by atoms with Gasteiger partial charge in [0, 0.05) is 21.4 Å². The summed E-state index contributed by atoms with van der Waals surface area (Å²) in [5.74, 6) is -1.57. The molecule has 184 valence electrons. The van der Waals surface area contributed by atoms with Crippen molar-refractivity contribution in [3.8, 4) is 0 Å². The first-order valence-corrected chi connectivity index (χ1v) is 13.4. The second-order valence-corrected chi connectivity index (χ2v) is 11.2. The summed E-state index contributed by atoms with van der Waals surface area (Å²) < 4.78 is 34.3. The third-order valence-electron chi connectivity index (χ3n) is 4.64. The van der Waals surface area contributed by atoms with E-state index in [1.807, 2.05) is 0 Å². The van der Waals surface area contributed by atoms with Gasteiger partial charge in [-0.1, -0.05) is 17.4 Å². The van der Waals surface area contributed by atoms with Crippen LogP contribution in [0, 0.1) is 13.7 Å². The summed E-state index contributed by atoms with van der Waals surface area (Å²) in [5.41, 5.74) is 0.677. The molecule has 0 saturated heterocycles. The number of non-ortho nitro benzene ring substituents is 1. The van der Waals surface area contributed by atoms with Crippen LogP contribution in [0.5, 0.6) is 0 Å². The number of ether oxygens (including phenoxy) is 1. The number of halogens is 1. The number of carbonyl (C=O) groups excluding carboxylic acids is 2. The van der Waals surface area contributed by atoms with Crippen molar-refractivity contribution in [3.05, 3.63) is 86.0 Å². The maximum atomic E-state index is 12.7. The molecule has 14 heteroatoms. The molecule has 0 unspecified atom stereocenters. The van der Waals surface area contributed by atoms with Crippen LogP contribution >= 0.6 is 33.9 Å². The fourth-order valence-electron chi connectivity index (χ4n) is 2.97. The molecule has 0 aliphatic rings. The number of nitrogens with one attached hydrogen (secondary N) is 2. The molecule has 3 aromatic carbocycles. The summed E-state index contributed by atoms with van der Waals surface area (Å²) in [4.78, 5) is 39.0. The Hall–Kier alpha value is -3.63. The second kappa shape index (κ2) is 10.5. The van der Waals surface area contributed by atoms with E-state index < -0.39 is 33.4 Å². The molecule has 11 nitrogen and oxygen atoms in total. The molecule has 1 heterocycles. The van der Waals surface area contributed by atoms with Gasteiger partial charge in [-0.15, -0.1) is 0 Å². The smallest absolute Gasteiger partial charge is 0.338 e. The lowest BCUT2D eigenvalue weighted by molar-refractivity contribution is -0.384. The molecule has 0 atom stereocenters. The summed E-state index contributed by atoms with van der Waals surface area (Å²) >= 11 is 3.13. The van der Waals surface area contributed by atoms with Crippen molar-refractivity contribution >= 4 is 82.6 Å². The Bertz CT molecular complexity index is 1590. The topological polar surface area (TPSA) is 158 Å². The standard InChI is InChI=1S/C22H15IN4O7S2/c23-14-4-6-15(7-5-14)26-36(32,33)17-3-1-2-13(10-17)21(29)34-12-20(28)25-22-24-18-9-8-16(27(30)31)11-19(18)35-22/h1-11,26H,12H2,(H,24,25,28). The number of nitro benzene ring substituents is 1. The van der Waals surface area contributed by atoms with Crippen molar-refractivity contribution < 1.29 is 27.7 Å². The van der Waals surface area contributed by atoms with E-state index >= 15 is 0 Å². The molecule has 1 aromatic heterocycles. The van der Waals surface area contributed by atoms with Crippen molar-refractivity contribution in [1.82, 2.24) is 4.98 Å². The predicted molar refractivity (Wildman–Crippen MR) is 142 cm³/mol. The average Bonchev–Trinajstić information content (AvgIpc) is 3.25. The molecule has 1 amide bonds. The number of fused-ring (bicyclic) bond motifs is 1. The van der Waals surface area contributed by atoms with Gasteiger partial charge >= 0.3 is 5.97 Å². The number of nitro groups is 1. The molecule has 36 heavy (non-hydrogen) atoms. The van der Waals surface area contributed by atoms with Gasteiger partial charge in [-0.05, 0) is 71.1 Å².